The second kappa shape index (κ2) is 14.3. The van der Waals surface area contributed by atoms with Gasteiger partial charge in [-0.25, -0.2) is 9.40 Å². The van der Waals surface area contributed by atoms with Crippen LogP contribution in [0.4, 0.5) is 4.39 Å². The number of methoxy groups -OCH3 is 3. The molecular weight excluding hydrogens is 567 g/mol. The van der Waals surface area contributed by atoms with E-state index in [1.54, 1.807) is 33.5 Å². The number of hydrogen-bond donors (Lipinski definition) is 0. The van der Waals surface area contributed by atoms with Crippen molar-refractivity contribution in [2.75, 3.05) is 67.3 Å². The third-order valence-electron chi connectivity index (χ3n) is 7.86. The molecule has 0 N–H and O–H groups in total. The topological polar surface area (TPSA) is 93.1 Å². The van der Waals surface area contributed by atoms with Crippen LogP contribution in [-0.2, 0) is 9.53 Å². The van der Waals surface area contributed by atoms with Crippen molar-refractivity contribution in [3.8, 4) is 17.2 Å². The van der Waals surface area contributed by atoms with Crippen molar-refractivity contribution in [1.29, 1.82) is 0 Å². The highest BCUT2D eigenvalue weighted by molar-refractivity contribution is 6.05. The maximum absolute atomic E-state index is 14.1. The van der Waals surface area contributed by atoms with Crippen molar-refractivity contribution in [3.05, 3.63) is 89.2 Å². The molecule has 0 radical (unpaired) electrons. The summed E-state index contributed by atoms with van der Waals surface area (Å²) in [7, 11) is 4.75. The average molecular weight is 605 g/mol. The van der Waals surface area contributed by atoms with Crippen LogP contribution in [0.3, 0.4) is 0 Å². The quantitative estimate of drug-likeness (QED) is 0.327. The average Bonchev–Trinajstić information content (AvgIpc) is 3.52. The van der Waals surface area contributed by atoms with E-state index in [1.165, 1.54) is 28.1 Å². The Kier molecular flexibility index (Phi) is 10.1. The van der Waals surface area contributed by atoms with Crippen molar-refractivity contribution in [3.63, 3.8) is 0 Å². The summed E-state index contributed by atoms with van der Waals surface area (Å²) in [5.74, 6) is 0.594. The van der Waals surface area contributed by atoms with E-state index in [-0.39, 0.29) is 24.6 Å². The minimum atomic E-state index is -0.517. The van der Waals surface area contributed by atoms with Gasteiger partial charge < -0.3 is 23.8 Å². The van der Waals surface area contributed by atoms with Crippen molar-refractivity contribution in [2.24, 2.45) is 5.10 Å². The maximum Gasteiger partial charge on any atom is 0.262 e. The Morgan fingerprint density at radius 3 is 2.36 bits per heavy atom. The largest absolute Gasteiger partial charge is 0.497 e. The molecule has 44 heavy (non-hydrogen) atoms. The predicted octanol–water partition coefficient (Wildman–Crippen LogP) is 4.00. The predicted molar refractivity (Wildman–Crippen MR) is 163 cm³/mol. The number of rotatable bonds is 11. The highest BCUT2D eigenvalue weighted by Gasteiger charge is 2.35. The van der Waals surface area contributed by atoms with Gasteiger partial charge in [0.15, 0.2) is 0 Å². The summed E-state index contributed by atoms with van der Waals surface area (Å²) in [6, 6.07) is 18.0. The molecule has 0 bridgehead atoms. The Balaban J connectivity index is 1.45. The van der Waals surface area contributed by atoms with Crippen molar-refractivity contribution >= 4 is 17.5 Å². The molecule has 232 valence electrons. The molecule has 2 amide bonds. The van der Waals surface area contributed by atoms with E-state index in [0.29, 0.717) is 49.1 Å². The van der Waals surface area contributed by atoms with Crippen LogP contribution in [0.1, 0.15) is 33.9 Å². The first-order valence-corrected chi connectivity index (χ1v) is 14.5. The van der Waals surface area contributed by atoms with Gasteiger partial charge in [-0.2, -0.15) is 5.10 Å². The zero-order chi connectivity index (χ0) is 31.1. The standard InChI is InChI=1S/C33H37FN4O6/c1-41-26-9-7-23(8-10-26)30-21-29(28-12-11-27(42-2)20-31(28)43-3)35-38(30)32(39)22-37(14-13-36-15-17-44-18-16-36)33(40)24-5-4-6-25(34)19-24/h4-12,19-20,30H,13-18,21-22H2,1-3H3. The molecule has 3 aromatic rings. The summed E-state index contributed by atoms with van der Waals surface area (Å²) in [4.78, 5) is 31.4. The summed E-state index contributed by atoms with van der Waals surface area (Å²) in [6.45, 7) is 3.30. The molecule has 2 aliphatic heterocycles. The second-order valence-electron chi connectivity index (χ2n) is 10.5. The molecule has 2 aliphatic rings. The molecule has 0 saturated carbocycles. The Morgan fingerprint density at radius 2 is 1.68 bits per heavy atom. The first kappa shape index (κ1) is 31.0. The van der Waals surface area contributed by atoms with Crippen LogP contribution in [0.25, 0.3) is 0 Å². The van der Waals surface area contributed by atoms with E-state index in [0.717, 1.165) is 24.2 Å². The second-order valence-corrected chi connectivity index (χ2v) is 10.5. The molecule has 1 saturated heterocycles. The van der Waals surface area contributed by atoms with Gasteiger partial charge in [0, 0.05) is 49.8 Å². The lowest BCUT2D eigenvalue weighted by atomic mass is 9.97. The maximum atomic E-state index is 14.1. The normalized spacial score (nSPS) is 16.8. The van der Waals surface area contributed by atoms with E-state index in [2.05, 4.69) is 4.90 Å². The van der Waals surface area contributed by atoms with E-state index >= 15 is 0 Å². The lowest BCUT2D eigenvalue weighted by Crippen LogP contribution is -2.46. The van der Waals surface area contributed by atoms with E-state index in [9.17, 15) is 14.0 Å². The first-order valence-electron chi connectivity index (χ1n) is 14.5. The third kappa shape index (κ3) is 7.17. The Hall–Kier alpha value is -4.48. The zero-order valence-electron chi connectivity index (χ0n) is 25.2. The van der Waals surface area contributed by atoms with Gasteiger partial charge in [-0.05, 0) is 48.0 Å². The Morgan fingerprint density at radius 1 is 0.955 bits per heavy atom. The van der Waals surface area contributed by atoms with Crippen LogP contribution in [0.15, 0.2) is 71.8 Å². The first-order chi connectivity index (χ1) is 21.4. The fraction of sp³-hybridized carbons (Fsp3) is 0.364. The van der Waals surface area contributed by atoms with Gasteiger partial charge in [0.1, 0.15) is 29.6 Å². The van der Waals surface area contributed by atoms with Gasteiger partial charge in [-0.15, -0.1) is 0 Å². The number of hydrogen-bond acceptors (Lipinski definition) is 8. The minimum absolute atomic E-state index is 0.181. The fourth-order valence-electron chi connectivity index (χ4n) is 5.40. The molecule has 0 aliphatic carbocycles. The van der Waals surface area contributed by atoms with Crippen LogP contribution in [0, 0.1) is 5.82 Å². The Labute approximate surface area is 256 Å². The third-order valence-corrected chi connectivity index (χ3v) is 7.86. The molecule has 5 rings (SSSR count). The number of halogens is 1. The number of carbonyl (C=O) groups excluding carboxylic acids is 2. The van der Waals surface area contributed by atoms with Gasteiger partial charge in [0.2, 0.25) is 0 Å². The number of morpholine rings is 1. The zero-order valence-corrected chi connectivity index (χ0v) is 25.2. The lowest BCUT2D eigenvalue weighted by Gasteiger charge is -2.31. The molecule has 0 aromatic heterocycles. The highest BCUT2D eigenvalue weighted by Crippen LogP contribution is 2.36. The van der Waals surface area contributed by atoms with Gasteiger partial charge in [0.25, 0.3) is 11.8 Å². The molecule has 0 spiro atoms. The molecule has 1 fully saturated rings. The highest BCUT2D eigenvalue weighted by atomic mass is 19.1. The van der Waals surface area contributed by atoms with Crippen LogP contribution in [-0.4, -0.2) is 99.6 Å². The molecule has 10 nitrogen and oxygen atoms in total. The molecule has 3 aromatic carbocycles. The lowest BCUT2D eigenvalue weighted by molar-refractivity contribution is -0.133. The van der Waals surface area contributed by atoms with E-state index in [1.807, 2.05) is 36.4 Å². The SMILES string of the molecule is COc1ccc(C2CC(c3ccc(OC)cc3OC)=NN2C(=O)CN(CCN2CCOCC2)C(=O)c2cccc(F)c2)cc1. The van der Waals surface area contributed by atoms with Crippen LogP contribution < -0.4 is 14.2 Å². The van der Waals surface area contributed by atoms with Crippen LogP contribution in [0.2, 0.25) is 0 Å². The summed E-state index contributed by atoms with van der Waals surface area (Å²) in [5, 5.41) is 6.24. The number of nitrogens with zero attached hydrogens (tertiary/aromatic N) is 4. The van der Waals surface area contributed by atoms with Crippen molar-refractivity contribution in [1.82, 2.24) is 14.8 Å². The molecule has 1 atom stereocenters. The summed E-state index contributed by atoms with van der Waals surface area (Å²) >= 11 is 0. The smallest absolute Gasteiger partial charge is 0.262 e. The van der Waals surface area contributed by atoms with Crippen LogP contribution >= 0.6 is 0 Å². The number of ether oxygens (including phenoxy) is 4. The van der Waals surface area contributed by atoms with Gasteiger partial charge in [-0.1, -0.05) is 18.2 Å². The number of benzene rings is 3. The summed E-state index contributed by atoms with van der Waals surface area (Å²) in [5.41, 5.74) is 2.44. The minimum Gasteiger partial charge on any atom is -0.497 e. The van der Waals surface area contributed by atoms with Crippen molar-refractivity contribution < 1.29 is 32.9 Å². The summed E-state index contributed by atoms with van der Waals surface area (Å²) in [6.07, 6.45) is 0.423. The van der Waals surface area contributed by atoms with Gasteiger partial charge in [-0.3, -0.25) is 14.5 Å². The number of hydrazone groups is 1. The molecule has 11 heteroatoms. The molecule has 1 unspecified atom stereocenters. The monoisotopic (exact) mass is 604 g/mol. The van der Waals surface area contributed by atoms with Gasteiger partial charge >= 0.3 is 0 Å². The Bertz CT molecular complexity index is 1490. The van der Waals surface area contributed by atoms with Gasteiger partial charge in [0.05, 0.1) is 46.3 Å². The van der Waals surface area contributed by atoms with E-state index in [4.69, 9.17) is 24.0 Å². The van der Waals surface area contributed by atoms with E-state index < -0.39 is 17.8 Å². The van der Waals surface area contributed by atoms with Crippen LogP contribution in [0.5, 0.6) is 17.2 Å². The summed E-state index contributed by atoms with van der Waals surface area (Å²) < 4.78 is 35.8. The number of amides is 2. The fourth-order valence-corrected chi connectivity index (χ4v) is 5.40. The molecule has 2 heterocycles. The number of carbonyl (C=O) groups is 2. The molecular formula is C33H37FN4O6. The van der Waals surface area contributed by atoms with Crippen molar-refractivity contribution in [2.45, 2.75) is 12.5 Å².